The number of hydrogen-bond donors (Lipinski definition) is 2. The van der Waals surface area contributed by atoms with Gasteiger partial charge in [0.05, 0.1) is 6.04 Å². The number of halogens is 1. The van der Waals surface area contributed by atoms with E-state index >= 15 is 0 Å². The molecule has 2 fully saturated rings. The fourth-order valence-corrected chi connectivity index (χ4v) is 3.33. The third kappa shape index (κ3) is 4.15. The number of piperidine rings is 1. The van der Waals surface area contributed by atoms with E-state index in [1.807, 2.05) is 11.8 Å². The van der Waals surface area contributed by atoms with Gasteiger partial charge in [-0.1, -0.05) is 6.42 Å². The first-order valence-electron chi connectivity index (χ1n) is 5.98. The first-order valence-corrected chi connectivity index (χ1v) is 7.13. The first-order chi connectivity index (χ1) is 7.36. The molecule has 1 atom stereocenters. The molecule has 0 aliphatic carbocycles. The molecule has 0 saturated carbocycles. The van der Waals surface area contributed by atoms with Gasteiger partial charge in [-0.15, -0.1) is 12.4 Å². The number of hydrogen-bond acceptors (Lipinski definition) is 3. The van der Waals surface area contributed by atoms with Crippen LogP contribution in [0.25, 0.3) is 0 Å². The van der Waals surface area contributed by atoms with Crippen molar-refractivity contribution in [2.75, 3.05) is 18.1 Å². The topological polar surface area (TPSA) is 41.1 Å². The lowest BCUT2D eigenvalue weighted by atomic mass is 10.0. The summed E-state index contributed by atoms with van der Waals surface area (Å²) >= 11 is 1.99. The molecule has 94 valence electrons. The van der Waals surface area contributed by atoms with E-state index in [0.717, 1.165) is 25.8 Å². The van der Waals surface area contributed by atoms with E-state index in [2.05, 4.69) is 10.6 Å². The Morgan fingerprint density at radius 1 is 1.19 bits per heavy atom. The van der Waals surface area contributed by atoms with Crippen LogP contribution in [0.2, 0.25) is 0 Å². The van der Waals surface area contributed by atoms with Crippen molar-refractivity contribution in [3.05, 3.63) is 0 Å². The molecule has 0 radical (unpaired) electrons. The molecule has 0 aromatic carbocycles. The zero-order valence-corrected chi connectivity index (χ0v) is 11.2. The van der Waals surface area contributed by atoms with Crippen molar-refractivity contribution in [2.24, 2.45) is 0 Å². The van der Waals surface area contributed by atoms with Crippen LogP contribution in [-0.2, 0) is 4.79 Å². The number of nitrogens with one attached hydrogen (secondary N) is 2. The zero-order valence-electron chi connectivity index (χ0n) is 9.54. The first kappa shape index (κ1) is 14.1. The summed E-state index contributed by atoms with van der Waals surface area (Å²) in [6.07, 6.45) is 5.69. The second kappa shape index (κ2) is 7.41. The van der Waals surface area contributed by atoms with E-state index in [0.29, 0.717) is 6.04 Å². The maximum atomic E-state index is 11.9. The molecule has 3 nitrogen and oxygen atoms in total. The van der Waals surface area contributed by atoms with Crippen molar-refractivity contribution < 1.29 is 4.79 Å². The molecule has 0 spiro atoms. The monoisotopic (exact) mass is 264 g/mol. The molecule has 2 heterocycles. The van der Waals surface area contributed by atoms with Crippen LogP contribution in [0.5, 0.6) is 0 Å². The van der Waals surface area contributed by atoms with Crippen LogP contribution in [0, 0.1) is 0 Å². The summed E-state index contributed by atoms with van der Waals surface area (Å²) in [6, 6.07) is 0.510. The van der Waals surface area contributed by atoms with E-state index in [4.69, 9.17) is 0 Å². The Bertz CT molecular complexity index is 216. The lowest BCUT2D eigenvalue weighted by molar-refractivity contribution is -0.124. The predicted octanol–water partition coefficient (Wildman–Crippen LogP) is 1.56. The smallest absolute Gasteiger partial charge is 0.237 e. The highest BCUT2D eigenvalue weighted by molar-refractivity contribution is 7.99. The van der Waals surface area contributed by atoms with Gasteiger partial charge in [0.2, 0.25) is 5.91 Å². The second-order valence-corrected chi connectivity index (χ2v) is 5.62. The van der Waals surface area contributed by atoms with Crippen molar-refractivity contribution in [1.82, 2.24) is 10.6 Å². The summed E-state index contributed by atoms with van der Waals surface area (Å²) in [7, 11) is 0. The maximum Gasteiger partial charge on any atom is 0.237 e. The summed E-state index contributed by atoms with van der Waals surface area (Å²) in [5, 5.41) is 6.46. The van der Waals surface area contributed by atoms with E-state index in [1.165, 1.54) is 24.3 Å². The molecule has 2 aliphatic rings. The highest BCUT2D eigenvalue weighted by atomic mass is 35.5. The number of amides is 1. The molecular formula is C11H21ClN2OS. The molecule has 2 rings (SSSR count). The van der Waals surface area contributed by atoms with Gasteiger partial charge >= 0.3 is 0 Å². The predicted molar refractivity (Wildman–Crippen MR) is 71.4 cm³/mol. The quantitative estimate of drug-likeness (QED) is 0.795. The fourth-order valence-electron chi connectivity index (χ4n) is 2.22. The van der Waals surface area contributed by atoms with Crippen LogP contribution >= 0.6 is 24.2 Å². The molecule has 0 aromatic rings. The Balaban J connectivity index is 0.00000128. The average molecular weight is 265 g/mol. The summed E-state index contributed by atoms with van der Waals surface area (Å²) in [5.41, 5.74) is 0. The van der Waals surface area contributed by atoms with Crippen molar-refractivity contribution in [2.45, 2.75) is 44.2 Å². The van der Waals surface area contributed by atoms with E-state index in [-0.39, 0.29) is 24.4 Å². The molecule has 0 aromatic heterocycles. The second-order valence-electron chi connectivity index (χ2n) is 4.40. The maximum absolute atomic E-state index is 11.9. The fraction of sp³-hybridized carbons (Fsp3) is 0.909. The number of rotatable bonds is 2. The summed E-state index contributed by atoms with van der Waals surface area (Å²) in [5.74, 6) is 2.62. The minimum absolute atomic E-state index is 0. The van der Waals surface area contributed by atoms with Crippen LogP contribution < -0.4 is 10.6 Å². The van der Waals surface area contributed by atoms with Gasteiger partial charge < -0.3 is 10.6 Å². The summed E-state index contributed by atoms with van der Waals surface area (Å²) in [6.45, 7) is 0.999. The SMILES string of the molecule is Cl.O=C(NC1CCSCC1)[C@@H]1CCCCN1. The minimum atomic E-state index is 0. The standard InChI is InChI=1S/C11H20N2OS.ClH/c14-11(10-3-1-2-6-12-10)13-9-4-7-15-8-5-9;/h9-10,12H,1-8H2,(H,13,14);1H/t10-;/m0./s1. The van der Waals surface area contributed by atoms with Crippen LogP contribution in [0.15, 0.2) is 0 Å². The van der Waals surface area contributed by atoms with Crippen LogP contribution in [-0.4, -0.2) is 36.0 Å². The molecule has 16 heavy (non-hydrogen) atoms. The highest BCUT2D eigenvalue weighted by Crippen LogP contribution is 2.17. The molecule has 2 saturated heterocycles. The zero-order chi connectivity index (χ0) is 10.5. The van der Waals surface area contributed by atoms with Gasteiger partial charge in [-0.2, -0.15) is 11.8 Å². The van der Waals surface area contributed by atoms with Crippen molar-refractivity contribution in [3.63, 3.8) is 0 Å². The Kier molecular flexibility index (Phi) is 6.54. The Morgan fingerprint density at radius 3 is 2.56 bits per heavy atom. The van der Waals surface area contributed by atoms with Gasteiger partial charge in [0.25, 0.3) is 0 Å². The number of carbonyl (C=O) groups is 1. The van der Waals surface area contributed by atoms with Gasteiger partial charge in [0, 0.05) is 6.04 Å². The molecule has 0 bridgehead atoms. The van der Waals surface area contributed by atoms with Gasteiger partial charge in [0.15, 0.2) is 0 Å². The largest absolute Gasteiger partial charge is 0.352 e. The Morgan fingerprint density at radius 2 is 1.94 bits per heavy atom. The molecular weight excluding hydrogens is 244 g/mol. The van der Waals surface area contributed by atoms with E-state index in [1.54, 1.807) is 0 Å². The summed E-state index contributed by atoms with van der Waals surface area (Å²) in [4.78, 5) is 11.9. The lowest BCUT2D eigenvalue weighted by Gasteiger charge is -2.27. The summed E-state index contributed by atoms with van der Waals surface area (Å²) < 4.78 is 0. The van der Waals surface area contributed by atoms with E-state index in [9.17, 15) is 4.79 Å². The van der Waals surface area contributed by atoms with Crippen LogP contribution in [0.1, 0.15) is 32.1 Å². The average Bonchev–Trinajstić information content (AvgIpc) is 2.31. The Hall–Kier alpha value is 0.0700. The van der Waals surface area contributed by atoms with Gasteiger partial charge in [-0.05, 0) is 43.7 Å². The molecule has 2 N–H and O–H groups in total. The molecule has 5 heteroatoms. The van der Waals surface area contributed by atoms with Crippen LogP contribution in [0.3, 0.4) is 0 Å². The number of carbonyl (C=O) groups excluding carboxylic acids is 1. The van der Waals surface area contributed by atoms with Crippen LogP contribution in [0.4, 0.5) is 0 Å². The van der Waals surface area contributed by atoms with Gasteiger partial charge in [-0.25, -0.2) is 0 Å². The molecule has 1 amide bonds. The van der Waals surface area contributed by atoms with Gasteiger partial charge in [0.1, 0.15) is 0 Å². The van der Waals surface area contributed by atoms with Crippen molar-refractivity contribution in [3.8, 4) is 0 Å². The Labute approximate surface area is 108 Å². The van der Waals surface area contributed by atoms with Crippen molar-refractivity contribution in [1.29, 1.82) is 0 Å². The van der Waals surface area contributed by atoms with E-state index < -0.39 is 0 Å². The molecule has 0 unspecified atom stereocenters. The highest BCUT2D eigenvalue weighted by Gasteiger charge is 2.23. The minimum Gasteiger partial charge on any atom is -0.352 e. The van der Waals surface area contributed by atoms with Crippen molar-refractivity contribution >= 4 is 30.1 Å². The normalized spacial score (nSPS) is 26.9. The van der Waals surface area contributed by atoms with Gasteiger partial charge in [-0.3, -0.25) is 4.79 Å². The molecule has 2 aliphatic heterocycles. The number of thioether (sulfide) groups is 1. The third-order valence-electron chi connectivity index (χ3n) is 3.19. The lowest BCUT2D eigenvalue weighted by Crippen LogP contribution is -2.50. The third-order valence-corrected chi connectivity index (χ3v) is 4.24.